The van der Waals surface area contributed by atoms with Crippen molar-refractivity contribution in [2.45, 2.75) is 44.7 Å². The van der Waals surface area contributed by atoms with E-state index in [0.717, 1.165) is 27.8 Å². The molecule has 1 spiro atoms. The fourth-order valence-corrected chi connectivity index (χ4v) is 6.51. The van der Waals surface area contributed by atoms with Crippen LogP contribution in [0, 0.1) is 0 Å². The summed E-state index contributed by atoms with van der Waals surface area (Å²) in [5.74, 6) is 0.143. The van der Waals surface area contributed by atoms with Gasteiger partial charge in [-0.25, -0.2) is 8.42 Å². The molecule has 2 aromatic heterocycles. The van der Waals surface area contributed by atoms with Crippen molar-refractivity contribution in [1.82, 2.24) is 14.5 Å². The fraction of sp³-hybridized carbons (Fsp3) is 0.423. The molecule has 10 heteroatoms. The number of sulfone groups is 1. The van der Waals surface area contributed by atoms with Crippen LogP contribution in [0.4, 0.5) is 5.69 Å². The highest BCUT2D eigenvalue weighted by Crippen LogP contribution is 2.48. The Labute approximate surface area is 215 Å². The first kappa shape index (κ1) is 24.8. The molecular weight excluding hydrogens is 500 g/mol. The molecule has 0 aliphatic carbocycles. The van der Waals surface area contributed by atoms with Gasteiger partial charge in [0.15, 0.2) is 0 Å². The minimum atomic E-state index is -3.09. The number of nitrogens with zero attached hydrogens (tertiary/aromatic N) is 4. The van der Waals surface area contributed by atoms with E-state index in [1.54, 1.807) is 29.1 Å². The van der Waals surface area contributed by atoms with Crippen LogP contribution in [0.3, 0.4) is 0 Å². The van der Waals surface area contributed by atoms with E-state index in [2.05, 4.69) is 9.55 Å². The number of pyridine rings is 1. The van der Waals surface area contributed by atoms with E-state index >= 15 is 0 Å². The Hall–Kier alpha value is -2.91. The van der Waals surface area contributed by atoms with Gasteiger partial charge in [0.1, 0.15) is 9.84 Å². The van der Waals surface area contributed by atoms with Crippen molar-refractivity contribution in [2.75, 3.05) is 30.0 Å². The number of halogens is 1. The second-order valence-electron chi connectivity index (χ2n) is 9.85. The molecule has 0 bridgehead atoms. The van der Waals surface area contributed by atoms with Gasteiger partial charge in [0.25, 0.3) is 0 Å². The molecule has 0 saturated carbocycles. The summed E-state index contributed by atoms with van der Waals surface area (Å²) >= 11 is 6.25. The normalized spacial score (nSPS) is 17.2. The summed E-state index contributed by atoms with van der Waals surface area (Å²) in [7, 11) is -3.09. The lowest BCUT2D eigenvalue weighted by atomic mass is 9.74. The third-order valence-electron chi connectivity index (χ3n) is 7.49. The number of aryl methyl sites for hydroxylation is 1. The van der Waals surface area contributed by atoms with E-state index in [1.165, 1.54) is 6.26 Å². The van der Waals surface area contributed by atoms with Gasteiger partial charge in [-0.05, 0) is 55.2 Å². The van der Waals surface area contributed by atoms with Gasteiger partial charge in [0.2, 0.25) is 11.8 Å². The molecule has 2 aliphatic heterocycles. The van der Waals surface area contributed by atoms with Crippen molar-refractivity contribution in [3.8, 4) is 0 Å². The summed E-state index contributed by atoms with van der Waals surface area (Å²) in [5.41, 5.74) is 2.95. The minimum Gasteiger partial charge on any atom is -0.343 e. The zero-order chi connectivity index (χ0) is 25.7. The number of hydrogen-bond donors (Lipinski definition) is 0. The van der Waals surface area contributed by atoms with Crippen molar-refractivity contribution in [3.05, 3.63) is 59.0 Å². The van der Waals surface area contributed by atoms with Crippen LogP contribution in [-0.4, -0.2) is 59.8 Å². The van der Waals surface area contributed by atoms with Gasteiger partial charge in [-0.3, -0.25) is 14.6 Å². The van der Waals surface area contributed by atoms with E-state index in [4.69, 9.17) is 11.6 Å². The first-order valence-corrected chi connectivity index (χ1v) is 14.5. The SMILES string of the molecule is CC(=O)N1CCC2(CC1)C(=O)N(Cc1cc3cc(Cl)ccc3n1CCCS(C)(=O)=O)c1cnccc12. The van der Waals surface area contributed by atoms with Gasteiger partial charge in [-0.2, -0.15) is 0 Å². The van der Waals surface area contributed by atoms with Crippen LogP contribution in [-0.2, 0) is 37.9 Å². The Morgan fingerprint density at radius 2 is 1.92 bits per heavy atom. The first-order valence-electron chi connectivity index (χ1n) is 12.1. The number of likely N-dealkylation sites (tertiary alicyclic amines) is 1. The highest BCUT2D eigenvalue weighted by atomic mass is 35.5. The van der Waals surface area contributed by atoms with E-state index in [-0.39, 0.29) is 17.6 Å². The van der Waals surface area contributed by atoms with Crippen LogP contribution in [0.15, 0.2) is 42.7 Å². The summed E-state index contributed by atoms with van der Waals surface area (Å²) in [6.07, 6.45) is 6.32. The molecule has 8 nitrogen and oxygen atoms in total. The lowest BCUT2D eigenvalue weighted by Gasteiger charge is -2.38. The van der Waals surface area contributed by atoms with Crippen LogP contribution in [0.2, 0.25) is 5.02 Å². The molecule has 1 saturated heterocycles. The van der Waals surface area contributed by atoms with Gasteiger partial charge in [0, 0.05) is 60.6 Å². The van der Waals surface area contributed by atoms with Crippen LogP contribution in [0.1, 0.15) is 37.4 Å². The average Bonchev–Trinajstić information content (AvgIpc) is 3.27. The summed E-state index contributed by atoms with van der Waals surface area (Å²) < 4.78 is 25.6. The van der Waals surface area contributed by atoms with Gasteiger partial charge in [-0.1, -0.05) is 11.6 Å². The molecule has 190 valence electrons. The molecule has 1 aromatic carbocycles. The van der Waals surface area contributed by atoms with Crippen LogP contribution in [0.25, 0.3) is 10.9 Å². The number of benzene rings is 1. The van der Waals surface area contributed by atoms with Crippen molar-refractivity contribution < 1.29 is 18.0 Å². The van der Waals surface area contributed by atoms with Crippen molar-refractivity contribution >= 4 is 49.8 Å². The number of carbonyl (C=O) groups excluding carboxylic acids is 2. The summed E-state index contributed by atoms with van der Waals surface area (Å²) in [6, 6.07) is 9.58. The van der Waals surface area contributed by atoms with E-state index < -0.39 is 15.3 Å². The molecule has 5 rings (SSSR count). The molecule has 0 N–H and O–H groups in total. The second-order valence-corrected chi connectivity index (χ2v) is 12.5. The number of piperidine rings is 1. The summed E-state index contributed by atoms with van der Waals surface area (Å²) in [5, 5.41) is 1.56. The van der Waals surface area contributed by atoms with Gasteiger partial charge in [-0.15, -0.1) is 0 Å². The van der Waals surface area contributed by atoms with E-state index in [0.29, 0.717) is 50.5 Å². The zero-order valence-corrected chi connectivity index (χ0v) is 22.0. The molecule has 36 heavy (non-hydrogen) atoms. The predicted molar refractivity (Wildman–Crippen MR) is 140 cm³/mol. The maximum absolute atomic E-state index is 14.0. The molecule has 0 unspecified atom stereocenters. The van der Waals surface area contributed by atoms with Crippen LogP contribution < -0.4 is 4.90 Å². The van der Waals surface area contributed by atoms with Gasteiger partial charge >= 0.3 is 0 Å². The number of anilines is 1. The molecule has 4 heterocycles. The average molecular weight is 529 g/mol. The lowest BCUT2D eigenvalue weighted by molar-refractivity contribution is -0.133. The molecule has 2 amide bonds. The minimum absolute atomic E-state index is 0.0272. The van der Waals surface area contributed by atoms with Crippen molar-refractivity contribution in [1.29, 1.82) is 0 Å². The maximum Gasteiger partial charge on any atom is 0.238 e. The third-order valence-corrected chi connectivity index (χ3v) is 8.75. The number of fused-ring (bicyclic) bond motifs is 3. The van der Waals surface area contributed by atoms with Crippen molar-refractivity contribution in [3.63, 3.8) is 0 Å². The maximum atomic E-state index is 14.0. The number of aromatic nitrogens is 2. The van der Waals surface area contributed by atoms with E-state index in [1.807, 2.05) is 30.3 Å². The van der Waals surface area contributed by atoms with Crippen molar-refractivity contribution in [2.24, 2.45) is 0 Å². The topological polar surface area (TPSA) is 92.6 Å². The molecule has 2 aliphatic rings. The monoisotopic (exact) mass is 528 g/mol. The Balaban J connectivity index is 1.50. The smallest absolute Gasteiger partial charge is 0.238 e. The Morgan fingerprint density at radius 3 is 2.61 bits per heavy atom. The Bertz CT molecular complexity index is 1460. The number of amides is 2. The highest BCUT2D eigenvalue weighted by Gasteiger charge is 2.52. The van der Waals surface area contributed by atoms with Crippen LogP contribution >= 0.6 is 11.6 Å². The zero-order valence-electron chi connectivity index (χ0n) is 20.4. The third kappa shape index (κ3) is 4.39. The Morgan fingerprint density at radius 1 is 1.17 bits per heavy atom. The molecular formula is C26H29ClN4O4S. The number of carbonyl (C=O) groups is 2. The first-order chi connectivity index (χ1) is 17.1. The lowest BCUT2D eigenvalue weighted by Crippen LogP contribution is -2.49. The molecule has 3 aromatic rings. The molecule has 1 fully saturated rings. The summed E-state index contributed by atoms with van der Waals surface area (Å²) in [4.78, 5) is 33.8. The number of hydrogen-bond acceptors (Lipinski definition) is 5. The Kier molecular flexibility index (Phi) is 6.32. The summed E-state index contributed by atoms with van der Waals surface area (Å²) in [6.45, 7) is 3.49. The number of rotatable bonds is 6. The predicted octanol–water partition coefficient (Wildman–Crippen LogP) is 3.55. The second kappa shape index (κ2) is 9.19. The molecule has 0 radical (unpaired) electrons. The fourth-order valence-electron chi connectivity index (χ4n) is 5.67. The highest BCUT2D eigenvalue weighted by molar-refractivity contribution is 7.90. The molecule has 0 atom stereocenters. The van der Waals surface area contributed by atoms with Gasteiger partial charge < -0.3 is 14.4 Å². The largest absolute Gasteiger partial charge is 0.343 e. The standard InChI is InChI=1S/C26H29ClN4O4S/c1-18(32)29-11-7-26(8-12-29)22-6-9-28-16-24(22)31(25(26)33)17-21-15-19-14-20(27)4-5-23(19)30(21)10-3-13-36(2,34)35/h4-6,9,14-16H,3,7-8,10-13,17H2,1-2H3. The van der Waals surface area contributed by atoms with Crippen LogP contribution in [0.5, 0.6) is 0 Å². The van der Waals surface area contributed by atoms with E-state index in [9.17, 15) is 18.0 Å². The quantitative estimate of drug-likeness (QED) is 0.488. The van der Waals surface area contributed by atoms with Gasteiger partial charge in [0.05, 0.1) is 29.6 Å².